The Labute approximate surface area is 170 Å². The lowest BCUT2D eigenvalue weighted by Gasteiger charge is -2.19. The maximum Gasteiger partial charge on any atom is 0.272 e. The first-order chi connectivity index (χ1) is 14.1. The van der Waals surface area contributed by atoms with E-state index in [9.17, 15) is 5.11 Å². The van der Waals surface area contributed by atoms with Crippen LogP contribution in [0.15, 0.2) is 66.9 Å². The van der Waals surface area contributed by atoms with Crippen LogP contribution in [0.3, 0.4) is 0 Å². The molecule has 0 saturated carbocycles. The third-order valence-electron chi connectivity index (χ3n) is 5.08. The molecular formula is C24H24N3O2+. The van der Waals surface area contributed by atoms with Crippen molar-refractivity contribution in [2.45, 2.75) is 19.9 Å². The number of hydrogen-bond acceptors (Lipinski definition) is 4. The van der Waals surface area contributed by atoms with E-state index in [-0.39, 0.29) is 11.8 Å². The normalized spacial score (nSPS) is 12.0. The smallest absolute Gasteiger partial charge is 0.272 e. The number of aromatic hydroxyl groups is 1. The number of ether oxygens (including phenoxy) is 1. The second-order valence-corrected chi connectivity index (χ2v) is 7.11. The number of aryl methyl sites for hydroxylation is 2. The highest BCUT2D eigenvalue weighted by atomic mass is 16.5. The lowest BCUT2D eigenvalue weighted by atomic mass is 9.95. The predicted octanol–water partition coefficient (Wildman–Crippen LogP) is 4.58. The van der Waals surface area contributed by atoms with E-state index in [0.717, 1.165) is 39.3 Å². The number of methoxy groups -OCH3 is 1. The van der Waals surface area contributed by atoms with Gasteiger partial charge in [-0.3, -0.25) is 5.32 Å². The lowest BCUT2D eigenvalue weighted by molar-refractivity contribution is -0.361. The van der Waals surface area contributed by atoms with Crippen LogP contribution < -0.4 is 15.0 Å². The summed E-state index contributed by atoms with van der Waals surface area (Å²) < 4.78 is 5.41. The predicted molar refractivity (Wildman–Crippen MR) is 114 cm³/mol. The highest BCUT2D eigenvalue weighted by Crippen LogP contribution is 2.37. The summed E-state index contributed by atoms with van der Waals surface area (Å²) in [6.45, 7) is 3.94. The molecule has 0 aliphatic carbocycles. The van der Waals surface area contributed by atoms with Crippen LogP contribution in [0.2, 0.25) is 0 Å². The molecule has 0 radical (unpaired) electrons. The number of rotatable bonds is 5. The van der Waals surface area contributed by atoms with Crippen LogP contribution in [0.4, 0.5) is 5.82 Å². The summed E-state index contributed by atoms with van der Waals surface area (Å²) in [4.78, 5) is 7.77. The fourth-order valence-electron chi connectivity index (χ4n) is 3.58. The molecule has 0 amide bonds. The molecule has 4 rings (SSSR count). The standard InChI is InChI=1S/C24H23N3O2/c1-15-14-18(10-12-20(15)29-3)22(27-21-6-4-5-13-25-21)19-11-9-17-8-7-16(2)26-23(17)24(19)28/h4-14,22,28H,1-3H3,(H,25,27)/p+1/t22-/m0/s1. The number of fused-ring (bicyclic) bond motifs is 1. The zero-order valence-electron chi connectivity index (χ0n) is 16.7. The van der Waals surface area contributed by atoms with Crippen LogP contribution in [0.25, 0.3) is 10.9 Å². The topological polar surface area (TPSA) is 68.5 Å². The molecule has 1 atom stereocenters. The summed E-state index contributed by atoms with van der Waals surface area (Å²) in [6, 6.07) is 19.5. The van der Waals surface area contributed by atoms with Gasteiger partial charge in [0.15, 0.2) is 0 Å². The van der Waals surface area contributed by atoms with Crippen LogP contribution in [-0.4, -0.2) is 17.2 Å². The molecule has 0 fully saturated rings. The van der Waals surface area contributed by atoms with Gasteiger partial charge < -0.3 is 9.84 Å². The van der Waals surface area contributed by atoms with Gasteiger partial charge in [-0.2, -0.15) is 0 Å². The SMILES string of the molecule is COc1ccc([C@H](Nc2cccc[nH+]2)c2ccc3ccc(C)nc3c2O)cc1C. The number of H-pyrrole nitrogens is 1. The second-order valence-electron chi connectivity index (χ2n) is 7.11. The van der Waals surface area contributed by atoms with Gasteiger partial charge in [-0.25, -0.2) is 9.97 Å². The summed E-state index contributed by atoms with van der Waals surface area (Å²) >= 11 is 0. The van der Waals surface area contributed by atoms with Gasteiger partial charge in [0.05, 0.1) is 13.3 Å². The van der Waals surface area contributed by atoms with Gasteiger partial charge in [-0.1, -0.05) is 24.3 Å². The lowest BCUT2D eigenvalue weighted by Crippen LogP contribution is -2.19. The zero-order valence-corrected chi connectivity index (χ0v) is 16.7. The average molecular weight is 386 g/mol. The molecule has 29 heavy (non-hydrogen) atoms. The number of nitrogens with zero attached hydrogens (tertiary/aromatic N) is 1. The molecule has 5 heteroatoms. The molecule has 0 aliphatic heterocycles. The molecule has 0 saturated heterocycles. The van der Waals surface area contributed by atoms with Crippen molar-refractivity contribution in [3.63, 3.8) is 0 Å². The Balaban J connectivity index is 1.87. The van der Waals surface area contributed by atoms with Gasteiger partial charge in [0, 0.05) is 28.3 Å². The van der Waals surface area contributed by atoms with E-state index in [2.05, 4.69) is 21.4 Å². The number of phenolic OH excluding ortho intramolecular Hbond substituents is 1. The van der Waals surface area contributed by atoms with E-state index in [0.29, 0.717) is 5.52 Å². The molecule has 4 aromatic rings. The number of phenols is 1. The first-order valence-corrected chi connectivity index (χ1v) is 9.54. The molecule has 3 N–H and O–H groups in total. The fraction of sp³-hybridized carbons (Fsp3) is 0.167. The van der Waals surface area contributed by atoms with E-state index >= 15 is 0 Å². The average Bonchev–Trinajstić information content (AvgIpc) is 2.74. The summed E-state index contributed by atoms with van der Waals surface area (Å²) in [5, 5.41) is 15.5. The van der Waals surface area contributed by atoms with Crippen molar-refractivity contribution in [1.29, 1.82) is 0 Å². The minimum absolute atomic E-state index is 0.188. The van der Waals surface area contributed by atoms with Crippen LogP contribution in [0, 0.1) is 13.8 Å². The molecule has 5 nitrogen and oxygen atoms in total. The molecule has 2 aromatic heterocycles. The van der Waals surface area contributed by atoms with Gasteiger partial charge in [-0.05, 0) is 49.7 Å². The summed E-state index contributed by atoms with van der Waals surface area (Å²) in [5.74, 6) is 1.87. The van der Waals surface area contributed by atoms with Gasteiger partial charge in [-0.15, -0.1) is 0 Å². The molecule has 2 aromatic carbocycles. The fourth-order valence-corrected chi connectivity index (χ4v) is 3.58. The summed E-state index contributed by atoms with van der Waals surface area (Å²) in [6.07, 6.45) is 1.86. The maximum atomic E-state index is 11.1. The second kappa shape index (κ2) is 7.80. The zero-order chi connectivity index (χ0) is 20.4. The Kier molecular flexibility index (Phi) is 5.04. The van der Waals surface area contributed by atoms with E-state index in [1.54, 1.807) is 7.11 Å². The summed E-state index contributed by atoms with van der Waals surface area (Å²) in [5.41, 5.74) is 4.28. The first-order valence-electron chi connectivity index (χ1n) is 9.54. The monoisotopic (exact) mass is 386 g/mol. The van der Waals surface area contributed by atoms with Crippen molar-refractivity contribution < 1.29 is 14.8 Å². The van der Waals surface area contributed by atoms with Crippen molar-refractivity contribution in [1.82, 2.24) is 4.98 Å². The minimum atomic E-state index is -0.273. The van der Waals surface area contributed by atoms with Crippen LogP contribution in [0.1, 0.15) is 28.4 Å². The number of anilines is 1. The van der Waals surface area contributed by atoms with E-state index in [1.165, 1.54) is 0 Å². The molecule has 0 unspecified atom stereocenters. The number of pyridine rings is 2. The van der Waals surface area contributed by atoms with Crippen LogP contribution >= 0.6 is 0 Å². The van der Waals surface area contributed by atoms with Crippen molar-refractivity contribution in [2.75, 3.05) is 12.4 Å². The Hall–Kier alpha value is -3.60. The number of hydrogen-bond donors (Lipinski definition) is 2. The molecule has 0 spiro atoms. The number of aromatic nitrogens is 2. The van der Waals surface area contributed by atoms with Gasteiger partial charge in [0.25, 0.3) is 5.82 Å². The quantitative estimate of drug-likeness (QED) is 0.527. The number of benzene rings is 2. The maximum absolute atomic E-state index is 11.1. The van der Waals surface area contributed by atoms with Gasteiger partial charge in [0.1, 0.15) is 23.1 Å². The Morgan fingerprint density at radius 3 is 2.59 bits per heavy atom. The highest BCUT2D eigenvalue weighted by molar-refractivity contribution is 5.86. The third-order valence-corrected chi connectivity index (χ3v) is 5.08. The Bertz CT molecular complexity index is 1160. The van der Waals surface area contributed by atoms with Gasteiger partial charge in [0.2, 0.25) is 0 Å². The molecule has 2 heterocycles. The largest absolute Gasteiger partial charge is 0.505 e. The third kappa shape index (κ3) is 3.72. The van der Waals surface area contributed by atoms with E-state index in [1.807, 2.05) is 74.6 Å². The summed E-state index contributed by atoms with van der Waals surface area (Å²) in [7, 11) is 1.67. The minimum Gasteiger partial charge on any atom is -0.505 e. The van der Waals surface area contributed by atoms with Gasteiger partial charge >= 0.3 is 0 Å². The van der Waals surface area contributed by atoms with Crippen LogP contribution in [-0.2, 0) is 0 Å². The van der Waals surface area contributed by atoms with E-state index in [4.69, 9.17) is 4.74 Å². The van der Waals surface area contributed by atoms with Crippen molar-refractivity contribution >= 4 is 16.7 Å². The molecule has 0 bridgehead atoms. The van der Waals surface area contributed by atoms with Crippen molar-refractivity contribution in [3.8, 4) is 11.5 Å². The number of nitrogens with one attached hydrogen (secondary N) is 2. The molecular weight excluding hydrogens is 362 g/mol. The first kappa shape index (κ1) is 18.7. The Morgan fingerprint density at radius 2 is 1.86 bits per heavy atom. The molecule has 0 aliphatic rings. The van der Waals surface area contributed by atoms with Crippen molar-refractivity contribution in [2.24, 2.45) is 0 Å². The molecule has 146 valence electrons. The van der Waals surface area contributed by atoms with Crippen molar-refractivity contribution in [3.05, 3.63) is 89.2 Å². The highest BCUT2D eigenvalue weighted by Gasteiger charge is 2.25. The van der Waals surface area contributed by atoms with E-state index < -0.39 is 0 Å². The Morgan fingerprint density at radius 1 is 1.03 bits per heavy atom. The number of aromatic amines is 1. The van der Waals surface area contributed by atoms with Crippen LogP contribution in [0.5, 0.6) is 11.5 Å².